The summed E-state index contributed by atoms with van der Waals surface area (Å²) in [5.41, 5.74) is 6.43. The summed E-state index contributed by atoms with van der Waals surface area (Å²) >= 11 is 12.1. The van der Waals surface area contributed by atoms with E-state index in [1.54, 1.807) is 12.1 Å². The molecule has 2 unspecified atom stereocenters. The van der Waals surface area contributed by atoms with E-state index >= 15 is 0 Å². The van der Waals surface area contributed by atoms with Crippen molar-refractivity contribution in [1.29, 1.82) is 0 Å². The van der Waals surface area contributed by atoms with Crippen LogP contribution >= 0.6 is 23.2 Å². The Morgan fingerprint density at radius 1 is 1.33 bits per heavy atom. The summed E-state index contributed by atoms with van der Waals surface area (Å²) in [6.07, 6.45) is 3.93. The molecular weight excluding hydrogens is 333 g/mol. The number of sulfone groups is 1. The second-order valence-electron chi connectivity index (χ2n) is 5.44. The van der Waals surface area contributed by atoms with Crippen molar-refractivity contribution < 1.29 is 13.2 Å². The molecule has 0 spiro atoms. The highest BCUT2D eigenvalue weighted by Gasteiger charge is 2.30. The lowest BCUT2D eigenvalue weighted by Crippen LogP contribution is -2.33. The first-order chi connectivity index (χ1) is 9.81. The minimum atomic E-state index is -3.04. The SMILES string of the molecule is CS(=O)(=O)C1CCCC(Oc2c(Cl)cc(Cl)cc2CN)C1. The van der Waals surface area contributed by atoms with Gasteiger partial charge < -0.3 is 10.5 Å². The predicted molar refractivity (Wildman–Crippen MR) is 85.9 cm³/mol. The van der Waals surface area contributed by atoms with Gasteiger partial charge in [-0.1, -0.05) is 23.2 Å². The molecule has 0 heterocycles. The Bertz CT molecular complexity index is 619. The second kappa shape index (κ2) is 6.73. The normalized spacial score (nSPS) is 23.0. The lowest BCUT2D eigenvalue weighted by Gasteiger charge is -2.29. The van der Waals surface area contributed by atoms with Crippen molar-refractivity contribution >= 4 is 33.0 Å². The van der Waals surface area contributed by atoms with Crippen molar-refractivity contribution in [2.75, 3.05) is 6.26 Å². The van der Waals surface area contributed by atoms with Crippen molar-refractivity contribution in [2.45, 2.75) is 43.6 Å². The Morgan fingerprint density at radius 2 is 2.05 bits per heavy atom. The van der Waals surface area contributed by atoms with E-state index in [9.17, 15) is 8.42 Å². The lowest BCUT2D eigenvalue weighted by molar-refractivity contribution is 0.155. The van der Waals surface area contributed by atoms with Crippen LogP contribution in [0.3, 0.4) is 0 Å². The maximum atomic E-state index is 11.7. The number of ether oxygens (including phenoxy) is 1. The van der Waals surface area contributed by atoms with Crippen LogP contribution in [0.2, 0.25) is 10.0 Å². The molecule has 1 aromatic rings. The molecule has 0 amide bonds. The van der Waals surface area contributed by atoms with Crippen LogP contribution in [0.25, 0.3) is 0 Å². The van der Waals surface area contributed by atoms with Crippen LogP contribution in [0.15, 0.2) is 12.1 Å². The molecule has 0 saturated heterocycles. The maximum absolute atomic E-state index is 11.7. The van der Waals surface area contributed by atoms with Crippen molar-refractivity contribution in [3.63, 3.8) is 0 Å². The van der Waals surface area contributed by atoms with Gasteiger partial charge in [-0.3, -0.25) is 0 Å². The van der Waals surface area contributed by atoms with E-state index in [1.165, 1.54) is 6.26 Å². The minimum Gasteiger partial charge on any atom is -0.488 e. The van der Waals surface area contributed by atoms with Gasteiger partial charge in [-0.25, -0.2) is 8.42 Å². The molecule has 1 aliphatic carbocycles. The molecule has 4 nitrogen and oxygen atoms in total. The number of benzene rings is 1. The molecule has 0 bridgehead atoms. The maximum Gasteiger partial charge on any atom is 0.150 e. The van der Waals surface area contributed by atoms with Crippen LogP contribution < -0.4 is 10.5 Å². The molecule has 1 fully saturated rings. The van der Waals surface area contributed by atoms with Crippen LogP contribution in [0.1, 0.15) is 31.2 Å². The molecule has 2 rings (SSSR count). The fourth-order valence-corrected chi connectivity index (χ4v) is 4.40. The zero-order valence-electron chi connectivity index (χ0n) is 11.8. The van der Waals surface area contributed by atoms with E-state index < -0.39 is 9.84 Å². The third-order valence-corrected chi connectivity index (χ3v) is 5.91. The highest BCUT2D eigenvalue weighted by atomic mass is 35.5. The first-order valence-electron chi connectivity index (χ1n) is 6.84. The van der Waals surface area contributed by atoms with Gasteiger partial charge in [0.05, 0.1) is 10.3 Å². The molecule has 118 valence electrons. The summed E-state index contributed by atoms with van der Waals surface area (Å²) in [6.45, 7) is 0.262. The highest BCUT2D eigenvalue weighted by Crippen LogP contribution is 2.35. The van der Waals surface area contributed by atoms with Gasteiger partial charge in [-0.2, -0.15) is 0 Å². The topological polar surface area (TPSA) is 69.4 Å². The van der Waals surface area contributed by atoms with E-state index in [0.29, 0.717) is 28.6 Å². The molecule has 2 atom stereocenters. The number of rotatable bonds is 4. The summed E-state index contributed by atoms with van der Waals surface area (Å²) in [5, 5.41) is 0.568. The van der Waals surface area contributed by atoms with E-state index in [2.05, 4.69) is 0 Å². The van der Waals surface area contributed by atoms with Crippen LogP contribution in [0.5, 0.6) is 5.75 Å². The van der Waals surface area contributed by atoms with E-state index in [-0.39, 0.29) is 17.9 Å². The third-order valence-electron chi connectivity index (χ3n) is 3.77. The Labute approximate surface area is 135 Å². The average Bonchev–Trinajstić information content (AvgIpc) is 2.41. The van der Waals surface area contributed by atoms with Crippen LogP contribution in [0.4, 0.5) is 0 Å². The summed E-state index contributed by atoms with van der Waals surface area (Å²) in [4.78, 5) is 0. The first kappa shape index (κ1) is 16.9. The van der Waals surface area contributed by atoms with Crippen LogP contribution in [-0.2, 0) is 16.4 Å². The second-order valence-corrected chi connectivity index (χ2v) is 8.61. The summed E-state index contributed by atoms with van der Waals surface area (Å²) in [6, 6.07) is 3.33. The molecular formula is C14H19Cl2NO3S. The molecule has 0 radical (unpaired) electrons. The Kier molecular flexibility index (Phi) is 5.41. The number of hydrogen-bond donors (Lipinski definition) is 1. The van der Waals surface area contributed by atoms with Crippen molar-refractivity contribution in [3.05, 3.63) is 27.7 Å². The van der Waals surface area contributed by atoms with Gasteiger partial charge in [-0.05, 0) is 31.4 Å². The van der Waals surface area contributed by atoms with Gasteiger partial charge in [0.1, 0.15) is 21.7 Å². The quantitative estimate of drug-likeness (QED) is 0.904. The first-order valence-corrected chi connectivity index (χ1v) is 9.56. The van der Waals surface area contributed by atoms with Gasteiger partial charge in [-0.15, -0.1) is 0 Å². The van der Waals surface area contributed by atoms with Gasteiger partial charge in [0.25, 0.3) is 0 Å². The molecule has 2 N–H and O–H groups in total. The van der Waals surface area contributed by atoms with Gasteiger partial charge in [0, 0.05) is 29.8 Å². The molecule has 7 heteroatoms. The zero-order chi connectivity index (χ0) is 15.6. The largest absolute Gasteiger partial charge is 0.488 e. The molecule has 21 heavy (non-hydrogen) atoms. The Morgan fingerprint density at radius 3 is 2.67 bits per heavy atom. The lowest BCUT2D eigenvalue weighted by atomic mass is 9.97. The van der Waals surface area contributed by atoms with E-state index in [4.69, 9.17) is 33.7 Å². The monoisotopic (exact) mass is 351 g/mol. The molecule has 0 aromatic heterocycles. The molecule has 1 saturated carbocycles. The fourth-order valence-electron chi connectivity index (χ4n) is 2.66. The third kappa shape index (κ3) is 4.25. The average molecular weight is 352 g/mol. The smallest absolute Gasteiger partial charge is 0.150 e. The van der Waals surface area contributed by atoms with Gasteiger partial charge in [0.2, 0.25) is 0 Å². The molecule has 1 aliphatic rings. The number of nitrogens with two attached hydrogens (primary N) is 1. The fraction of sp³-hybridized carbons (Fsp3) is 0.571. The Hall–Kier alpha value is -0.490. The van der Waals surface area contributed by atoms with Crippen LogP contribution in [0, 0.1) is 0 Å². The van der Waals surface area contributed by atoms with Crippen LogP contribution in [-0.4, -0.2) is 26.0 Å². The molecule has 1 aromatic carbocycles. The number of hydrogen-bond acceptors (Lipinski definition) is 4. The van der Waals surface area contributed by atoms with E-state index in [0.717, 1.165) is 18.4 Å². The minimum absolute atomic E-state index is 0.164. The zero-order valence-corrected chi connectivity index (χ0v) is 14.1. The molecule has 0 aliphatic heterocycles. The summed E-state index contributed by atoms with van der Waals surface area (Å²) < 4.78 is 29.4. The van der Waals surface area contributed by atoms with Crippen molar-refractivity contribution in [2.24, 2.45) is 5.73 Å². The van der Waals surface area contributed by atoms with Gasteiger partial charge >= 0.3 is 0 Å². The highest BCUT2D eigenvalue weighted by molar-refractivity contribution is 7.91. The van der Waals surface area contributed by atoms with E-state index in [1.807, 2.05) is 0 Å². The van der Waals surface area contributed by atoms with Crippen molar-refractivity contribution in [1.82, 2.24) is 0 Å². The summed E-state index contributed by atoms with van der Waals surface area (Å²) in [5.74, 6) is 0.516. The van der Waals surface area contributed by atoms with Gasteiger partial charge in [0.15, 0.2) is 0 Å². The predicted octanol–water partition coefficient (Wildman–Crippen LogP) is 3.19. The number of halogens is 2. The summed E-state index contributed by atoms with van der Waals surface area (Å²) in [7, 11) is -3.04. The van der Waals surface area contributed by atoms with Crippen molar-refractivity contribution in [3.8, 4) is 5.75 Å². The Balaban J connectivity index is 2.18. The standard InChI is InChI=1S/C14H19Cl2NO3S/c1-21(18,19)12-4-2-3-11(7-12)20-14-9(8-17)5-10(15)6-13(14)16/h5-6,11-12H,2-4,7-8,17H2,1H3.